The second-order valence-corrected chi connectivity index (χ2v) is 5.98. The molecule has 1 fully saturated rings. The number of amides is 1. The molecule has 1 aliphatic carbocycles. The zero-order chi connectivity index (χ0) is 17.5. The predicted octanol–water partition coefficient (Wildman–Crippen LogP) is 2.67. The number of aromatic nitrogens is 2. The quantitative estimate of drug-likeness (QED) is 0.676. The van der Waals surface area contributed by atoms with Gasteiger partial charge in [0.2, 0.25) is 5.95 Å². The van der Waals surface area contributed by atoms with Crippen LogP contribution in [0.2, 0.25) is 0 Å². The van der Waals surface area contributed by atoms with Crippen molar-refractivity contribution < 1.29 is 9.53 Å². The lowest BCUT2D eigenvalue weighted by atomic mass is 9.93. The molecule has 1 amide bonds. The van der Waals surface area contributed by atoms with Crippen molar-refractivity contribution in [3.63, 3.8) is 0 Å². The Balaban J connectivity index is 2.04. The molecule has 132 valence electrons. The predicted molar refractivity (Wildman–Crippen MR) is 94.9 cm³/mol. The Hall–Kier alpha value is -2.15. The van der Waals surface area contributed by atoms with Crippen LogP contribution in [0, 0.1) is 0 Å². The largest absolute Gasteiger partial charge is 0.379 e. The molecule has 1 aliphatic rings. The number of nitrogens with one attached hydrogen (secondary N) is 2. The highest BCUT2D eigenvalue weighted by Crippen LogP contribution is 2.24. The van der Waals surface area contributed by atoms with E-state index in [1.807, 2.05) is 13.8 Å². The summed E-state index contributed by atoms with van der Waals surface area (Å²) in [5.41, 5.74) is 6.41. The third-order valence-electron chi connectivity index (χ3n) is 4.19. The Labute approximate surface area is 143 Å². The van der Waals surface area contributed by atoms with Gasteiger partial charge in [-0.15, -0.1) is 0 Å². The first-order chi connectivity index (χ1) is 11.5. The minimum Gasteiger partial charge on any atom is -0.379 e. The lowest BCUT2D eigenvalue weighted by Gasteiger charge is -2.29. The molecule has 0 radical (unpaired) electrons. The summed E-state index contributed by atoms with van der Waals surface area (Å²) in [6.07, 6.45) is 6.62. The summed E-state index contributed by atoms with van der Waals surface area (Å²) in [5, 5.41) is 6.38. The Morgan fingerprint density at radius 3 is 2.67 bits per heavy atom. The molecule has 0 unspecified atom stereocenters. The maximum absolute atomic E-state index is 11.5. The Morgan fingerprint density at radius 2 is 2.08 bits per heavy atom. The van der Waals surface area contributed by atoms with E-state index in [0.29, 0.717) is 23.9 Å². The lowest BCUT2D eigenvalue weighted by Crippen LogP contribution is -2.30. The topological polar surface area (TPSA) is 102 Å². The van der Waals surface area contributed by atoms with Gasteiger partial charge >= 0.3 is 0 Å². The summed E-state index contributed by atoms with van der Waals surface area (Å²) in [6.45, 7) is 8.64. The van der Waals surface area contributed by atoms with Crippen LogP contribution in [-0.2, 0) is 4.74 Å². The molecule has 0 atom stereocenters. The van der Waals surface area contributed by atoms with E-state index in [4.69, 9.17) is 10.5 Å². The third-order valence-corrected chi connectivity index (χ3v) is 4.19. The molecule has 0 bridgehead atoms. The summed E-state index contributed by atoms with van der Waals surface area (Å²) < 4.78 is 5.67. The van der Waals surface area contributed by atoms with Gasteiger partial charge in [-0.25, -0.2) is 4.98 Å². The molecule has 7 heteroatoms. The number of carbonyl (C=O) groups excluding carboxylic acids is 1. The van der Waals surface area contributed by atoms with E-state index in [9.17, 15) is 4.79 Å². The van der Waals surface area contributed by atoms with Crippen LogP contribution in [0.4, 0.5) is 11.8 Å². The Kier molecular flexibility index (Phi) is 6.54. The fourth-order valence-corrected chi connectivity index (χ4v) is 2.77. The zero-order valence-electron chi connectivity index (χ0n) is 14.5. The van der Waals surface area contributed by atoms with Gasteiger partial charge in [-0.05, 0) is 39.0 Å². The molecule has 1 heterocycles. The molecule has 4 N–H and O–H groups in total. The minimum absolute atomic E-state index is 0.259. The molecular formula is C17H27N5O2. The number of anilines is 2. The molecule has 7 nitrogen and oxygen atoms in total. The maximum Gasteiger partial charge on any atom is 0.254 e. The molecule has 24 heavy (non-hydrogen) atoms. The molecule has 0 saturated heterocycles. The van der Waals surface area contributed by atoms with E-state index in [1.165, 1.54) is 6.20 Å². The number of primary amides is 1. The minimum atomic E-state index is -0.565. The van der Waals surface area contributed by atoms with Crippen LogP contribution >= 0.6 is 0 Å². The summed E-state index contributed by atoms with van der Waals surface area (Å²) in [6, 6.07) is 0.309. The first kappa shape index (κ1) is 18.2. The number of carbonyl (C=O) groups is 1. The average Bonchev–Trinajstić information content (AvgIpc) is 2.56. The SMILES string of the molecule is C=C(CC)Nc1nc(N[C@H]2CC[C@H](OCC)CC2)ncc1C(N)=O. The van der Waals surface area contributed by atoms with E-state index >= 15 is 0 Å². The van der Waals surface area contributed by atoms with Crippen molar-refractivity contribution in [2.75, 3.05) is 17.2 Å². The summed E-state index contributed by atoms with van der Waals surface area (Å²) >= 11 is 0. The van der Waals surface area contributed by atoms with Crippen molar-refractivity contribution in [3.05, 3.63) is 24.0 Å². The number of nitrogens with two attached hydrogens (primary N) is 1. The lowest BCUT2D eigenvalue weighted by molar-refractivity contribution is 0.0346. The van der Waals surface area contributed by atoms with Crippen LogP contribution in [0.5, 0.6) is 0 Å². The van der Waals surface area contributed by atoms with Crippen molar-refractivity contribution in [2.45, 2.75) is 58.1 Å². The van der Waals surface area contributed by atoms with Crippen LogP contribution in [0.25, 0.3) is 0 Å². The fraction of sp³-hybridized carbons (Fsp3) is 0.588. The van der Waals surface area contributed by atoms with E-state index in [0.717, 1.165) is 44.4 Å². The fourth-order valence-electron chi connectivity index (χ4n) is 2.77. The summed E-state index contributed by atoms with van der Waals surface area (Å²) in [5.74, 6) is 0.325. The molecule has 0 spiro atoms. The van der Waals surface area contributed by atoms with E-state index in [-0.39, 0.29) is 5.56 Å². The second-order valence-electron chi connectivity index (χ2n) is 5.98. The molecule has 0 aliphatic heterocycles. The number of ether oxygens (including phenoxy) is 1. The van der Waals surface area contributed by atoms with Gasteiger partial charge in [0.05, 0.1) is 6.10 Å². The van der Waals surface area contributed by atoms with Gasteiger partial charge in [0.1, 0.15) is 11.4 Å². The van der Waals surface area contributed by atoms with Crippen LogP contribution in [0.1, 0.15) is 56.3 Å². The van der Waals surface area contributed by atoms with Crippen molar-refractivity contribution in [1.29, 1.82) is 0 Å². The molecule has 1 aromatic rings. The number of hydrogen-bond donors (Lipinski definition) is 3. The van der Waals surface area contributed by atoms with Gasteiger partial charge in [0.25, 0.3) is 5.91 Å². The number of hydrogen-bond acceptors (Lipinski definition) is 6. The number of allylic oxidation sites excluding steroid dienone is 1. The zero-order valence-corrected chi connectivity index (χ0v) is 14.5. The first-order valence-electron chi connectivity index (χ1n) is 8.53. The standard InChI is InChI=1S/C17H27N5O2/c1-4-11(3)20-16-14(15(18)23)10-19-17(22-16)21-12-6-8-13(9-7-12)24-5-2/h10,12-13H,3-9H2,1-2H3,(H2,18,23)(H2,19,20,21,22)/t12-,13-. The first-order valence-corrected chi connectivity index (χ1v) is 8.53. The molecule has 0 aromatic carbocycles. The highest BCUT2D eigenvalue weighted by molar-refractivity contribution is 5.97. The van der Waals surface area contributed by atoms with Gasteiger partial charge in [-0.3, -0.25) is 4.79 Å². The van der Waals surface area contributed by atoms with Gasteiger partial charge in [0.15, 0.2) is 0 Å². The molecule has 1 saturated carbocycles. The number of nitrogens with zero attached hydrogens (tertiary/aromatic N) is 2. The van der Waals surface area contributed by atoms with Crippen LogP contribution in [0.15, 0.2) is 18.5 Å². The smallest absolute Gasteiger partial charge is 0.254 e. The van der Waals surface area contributed by atoms with Crippen molar-refractivity contribution in [1.82, 2.24) is 9.97 Å². The Morgan fingerprint density at radius 1 is 1.38 bits per heavy atom. The van der Waals surface area contributed by atoms with Crippen molar-refractivity contribution in [2.24, 2.45) is 5.73 Å². The van der Waals surface area contributed by atoms with Crippen LogP contribution in [-0.4, -0.2) is 34.6 Å². The van der Waals surface area contributed by atoms with Gasteiger partial charge in [-0.1, -0.05) is 13.5 Å². The maximum atomic E-state index is 11.5. The number of rotatable bonds is 8. The second kappa shape index (κ2) is 8.63. The summed E-state index contributed by atoms with van der Waals surface area (Å²) in [7, 11) is 0. The monoisotopic (exact) mass is 333 g/mol. The highest BCUT2D eigenvalue weighted by atomic mass is 16.5. The molecule has 2 rings (SSSR count). The van der Waals surface area contributed by atoms with Crippen LogP contribution < -0.4 is 16.4 Å². The van der Waals surface area contributed by atoms with E-state index < -0.39 is 5.91 Å². The van der Waals surface area contributed by atoms with Crippen molar-refractivity contribution in [3.8, 4) is 0 Å². The average molecular weight is 333 g/mol. The Bertz CT molecular complexity index is 582. The van der Waals surface area contributed by atoms with Crippen molar-refractivity contribution >= 4 is 17.7 Å². The normalized spacial score (nSPS) is 20.4. The molecular weight excluding hydrogens is 306 g/mol. The van der Waals surface area contributed by atoms with E-state index in [1.54, 1.807) is 0 Å². The van der Waals surface area contributed by atoms with Gasteiger partial charge in [-0.2, -0.15) is 4.98 Å². The summed E-state index contributed by atoms with van der Waals surface area (Å²) in [4.78, 5) is 20.2. The van der Waals surface area contributed by atoms with E-state index in [2.05, 4.69) is 27.2 Å². The molecule has 1 aromatic heterocycles. The highest BCUT2D eigenvalue weighted by Gasteiger charge is 2.22. The van der Waals surface area contributed by atoms with Crippen LogP contribution in [0.3, 0.4) is 0 Å². The van der Waals surface area contributed by atoms with Gasteiger partial charge < -0.3 is 21.1 Å². The third kappa shape index (κ3) is 4.92. The van der Waals surface area contributed by atoms with Gasteiger partial charge in [0, 0.05) is 24.5 Å².